The molecule has 3 N–H and O–H groups in total. The summed E-state index contributed by atoms with van der Waals surface area (Å²) in [6.07, 6.45) is 4.19. The van der Waals surface area contributed by atoms with Crippen LogP contribution in [-0.2, 0) is 0 Å². The zero-order chi connectivity index (χ0) is 12.3. The average molecular weight is 230 g/mol. The van der Waals surface area contributed by atoms with E-state index in [9.17, 15) is 4.79 Å². The van der Waals surface area contributed by atoms with Crippen molar-refractivity contribution in [3.05, 3.63) is 24.0 Å². The third-order valence-electron chi connectivity index (χ3n) is 3.05. The number of aromatic nitrogens is 1. The molecular formula is C12H14N4O. The second kappa shape index (κ2) is 4.83. The van der Waals surface area contributed by atoms with Crippen LogP contribution in [-0.4, -0.2) is 16.9 Å². The van der Waals surface area contributed by atoms with Crippen molar-refractivity contribution in [2.75, 3.05) is 5.73 Å². The molecule has 2 unspecified atom stereocenters. The molecule has 0 radical (unpaired) electrons. The summed E-state index contributed by atoms with van der Waals surface area (Å²) in [6.45, 7) is 0. The molecule has 2 atom stereocenters. The summed E-state index contributed by atoms with van der Waals surface area (Å²) in [4.78, 5) is 15.9. The van der Waals surface area contributed by atoms with Gasteiger partial charge in [0.1, 0.15) is 0 Å². The van der Waals surface area contributed by atoms with Crippen LogP contribution in [0.5, 0.6) is 0 Å². The smallest absolute Gasteiger partial charge is 0.272 e. The molecule has 0 saturated heterocycles. The first kappa shape index (κ1) is 11.4. The molecule has 0 aromatic carbocycles. The normalized spacial score (nSPS) is 23.0. The maximum atomic E-state index is 11.9. The Morgan fingerprint density at radius 3 is 3.12 bits per heavy atom. The predicted molar refractivity (Wildman–Crippen MR) is 62.9 cm³/mol. The van der Waals surface area contributed by atoms with Crippen LogP contribution in [0.4, 0.5) is 5.69 Å². The van der Waals surface area contributed by atoms with Gasteiger partial charge >= 0.3 is 0 Å². The van der Waals surface area contributed by atoms with Crippen LogP contribution >= 0.6 is 0 Å². The third kappa shape index (κ3) is 2.36. The van der Waals surface area contributed by atoms with Crippen molar-refractivity contribution in [3.8, 4) is 6.07 Å². The number of nitrogens with zero attached hydrogens (tertiary/aromatic N) is 2. The van der Waals surface area contributed by atoms with Crippen LogP contribution in [0.25, 0.3) is 0 Å². The van der Waals surface area contributed by atoms with Gasteiger partial charge in [-0.3, -0.25) is 4.79 Å². The standard InChI is InChI=1S/C12H14N4O/c13-7-8-3-1-5-10(8)16-12(17)11-9(14)4-2-6-15-11/h2,4,6,8,10H,1,3,5,14H2,(H,16,17). The fourth-order valence-corrected chi connectivity index (χ4v) is 2.13. The maximum absolute atomic E-state index is 11.9. The third-order valence-corrected chi connectivity index (χ3v) is 3.05. The van der Waals surface area contributed by atoms with Gasteiger partial charge in [-0.2, -0.15) is 5.26 Å². The number of hydrogen-bond donors (Lipinski definition) is 2. The molecule has 1 amide bonds. The summed E-state index contributed by atoms with van der Waals surface area (Å²) in [5, 5.41) is 11.8. The van der Waals surface area contributed by atoms with Crippen LogP contribution in [0, 0.1) is 17.2 Å². The number of nitrogens with two attached hydrogens (primary N) is 1. The van der Waals surface area contributed by atoms with E-state index in [1.807, 2.05) is 0 Å². The first-order valence-corrected chi connectivity index (χ1v) is 5.63. The van der Waals surface area contributed by atoms with Crippen LogP contribution in [0.15, 0.2) is 18.3 Å². The molecule has 5 nitrogen and oxygen atoms in total. The highest BCUT2D eigenvalue weighted by Crippen LogP contribution is 2.25. The molecule has 0 aliphatic heterocycles. The zero-order valence-corrected chi connectivity index (χ0v) is 9.39. The number of carbonyl (C=O) groups excluding carboxylic acids is 1. The lowest BCUT2D eigenvalue weighted by molar-refractivity contribution is 0.0929. The maximum Gasteiger partial charge on any atom is 0.272 e. The Morgan fingerprint density at radius 1 is 1.59 bits per heavy atom. The van der Waals surface area contributed by atoms with Crippen LogP contribution in [0.3, 0.4) is 0 Å². The number of nitrogens with one attached hydrogen (secondary N) is 1. The molecule has 0 spiro atoms. The second-order valence-corrected chi connectivity index (χ2v) is 4.19. The number of hydrogen-bond acceptors (Lipinski definition) is 4. The number of nitrogen functional groups attached to an aromatic ring is 1. The minimum atomic E-state index is -0.296. The van der Waals surface area contributed by atoms with E-state index in [0.29, 0.717) is 5.69 Å². The summed E-state index contributed by atoms with van der Waals surface area (Å²) in [5.41, 5.74) is 6.26. The molecule has 1 saturated carbocycles. The SMILES string of the molecule is N#CC1CCCC1NC(=O)c1ncccc1N. The van der Waals surface area contributed by atoms with Gasteiger partial charge in [-0.25, -0.2) is 4.98 Å². The molecule has 88 valence electrons. The largest absolute Gasteiger partial charge is 0.397 e. The van der Waals surface area contributed by atoms with E-state index in [1.165, 1.54) is 6.20 Å². The molecular weight excluding hydrogens is 216 g/mol. The van der Waals surface area contributed by atoms with Crippen molar-refractivity contribution in [1.29, 1.82) is 5.26 Å². The van der Waals surface area contributed by atoms with Crippen molar-refractivity contribution in [3.63, 3.8) is 0 Å². The fourth-order valence-electron chi connectivity index (χ4n) is 2.13. The van der Waals surface area contributed by atoms with Gasteiger partial charge in [-0.15, -0.1) is 0 Å². The topological polar surface area (TPSA) is 91.8 Å². The van der Waals surface area contributed by atoms with E-state index >= 15 is 0 Å². The van der Waals surface area contributed by atoms with E-state index in [0.717, 1.165) is 19.3 Å². The summed E-state index contributed by atoms with van der Waals surface area (Å²) < 4.78 is 0. The Labute approximate surface area is 99.6 Å². The van der Waals surface area contributed by atoms with Gasteiger partial charge in [0.2, 0.25) is 0 Å². The molecule has 17 heavy (non-hydrogen) atoms. The Hall–Kier alpha value is -2.09. The number of rotatable bonds is 2. The molecule has 1 fully saturated rings. The average Bonchev–Trinajstić information content (AvgIpc) is 2.76. The number of carbonyl (C=O) groups is 1. The summed E-state index contributed by atoms with van der Waals surface area (Å²) in [5.74, 6) is -0.390. The highest BCUT2D eigenvalue weighted by Gasteiger charge is 2.29. The van der Waals surface area contributed by atoms with E-state index in [2.05, 4.69) is 16.4 Å². The number of pyridine rings is 1. The van der Waals surface area contributed by atoms with Crippen molar-refractivity contribution in [1.82, 2.24) is 10.3 Å². The Bertz CT molecular complexity index is 466. The lowest BCUT2D eigenvalue weighted by Gasteiger charge is -2.15. The first-order chi connectivity index (χ1) is 8.22. The quantitative estimate of drug-likeness (QED) is 0.795. The number of anilines is 1. The molecule has 1 aliphatic carbocycles. The second-order valence-electron chi connectivity index (χ2n) is 4.19. The first-order valence-electron chi connectivity index (χ1n) is 5.63. The molecule has 1 heterocycles. The summed E-state index contributed by atoms with van der Waals surface area (Å²) >= 11 is 0. The van der Waals surface area contributed by atoms with Crippen LogP contribution in [0.2, 0.25) is 0 Å². The van der Waals surface area contributed by atoms with E-state index in [-0.39, 0.29) is 23.6 Å². The molecule has 1 aliphatic rings. The van der Waals surface area contributed by atoms with Crippen LogP contribution in [0.1, 0.15) is 29.8 Å². The van der Waals surface area contributed by atoms with Gasteiger partial charge in [0.15, 0.2) is 5.69 Å². The number of amides is 1. The molecule has 0 bridgehead atoms. The molecule has 2 rings (SSSR count). The minimum absolute atomic E-state index is 0.0751. The van der Waals surface area contributed by atoms with Gasteiger partial charge in [0.25, 0.3) is 5.91 Å². The molecule has 1 aromatic rings. The molecule has 5 heteroatoms. The van der Waals surface area contributed by atoms with Crippen molar-refractivity contribution >= 4 is 11.6 Å². The fraction of sp³-hybridized carbons (Fsp3) is 0.417. The molecule has 1 aromatic heterocycles. The highest BCUT2D eigenvalue weighted by molar-refractivity contribution is 5.97. The van der Waals surface area contributed by atoms with Gasteiger partial charge in [0, 0.05) is 12.2 Å². The van der Waals surface area contributed by atoms with Crippen molar-refractivity contribution in [2.45, 2.75) is 25.3 Å². The number of nitriles is 1. The van der Waals surface area contributed by atoms with E-state index in [1.54, 1.807) is 12.1 Å². The summed E-state index contributed by atoms with van der Waals surface area (Å²) in [6, 6.07) is 5.46. The Kier molecular flexibility index (Phi) is 3.24. The van der Waals surface area contributed by atoms with Crippen LogP contribution < -0.4 is 11.1 Å². The Balaban J connectivity index is 2.08. The van der Waals surface area contributed by atoms with E-state index in [4.69, 9.17) is 11.0 Å². The highest BCUT2D eigenvalue weighted by atomic mass is 16.2. The van der Waals surface area contributed by atoms with Gasteiger partial charge in [0.05, 0.1) is 17.7 Å². The van der Waals surface area contributed by atoms with Gasteiger partial charge in [-0.05, 0) is 31.4 Å². The monoisotopic (exact) mass is 230 g/mol. The Morgan fingerprint density at radius 2 is 2.41 bits per heavy atom. The van der Waals surface area contributed by atoms with Gasteiger partial charge in [-0.1, -0.05) is 0 Å². The lowest BCUT2D eigenvalue weighted by Crippen LogP contribution is -2.37. The van der Waals surface area contributed by atoms with Crippen molar-refractivity contribution < 1.29 is 4.79 Å². The summed E-state index contributed by atoms with van der Waals surface area (Å²) in [7, 11) is 0. The minimum Gasteiger partial charge on any atom is -0.397 e. The van der Waals surface area contributed by atoms with E-state index < -0.39 is 0 Å². The zero-order valence-electron chi connectivity index (χ0n) is 9.39. The van der Waals surface area contributed by atoms with Gasteiger partial charge < -0.3 is 11.1 Å². The van der Waals surface area contributed by atoms with Crippen molar-refractivity contribution in [2.24, 2.45) is 5.92 Å². The predicted octanol–water partition coefficient (Wildman–Crippen LogP) is 1.09. The lowest BCUT2D eigenvalue weighted by atomic mass is 10.1.